The second-order valence-electron chi connectivity index (χ2n) is 5.02. The van der Waals surface area contributed by atoms with E-state index >= 15 is 0 Å². The zero-order chi connectivity index (χ0) is 12.7. The van der Waals surface area contributed by atoms with Gasteiger partial charge in [0, 0.05) is 18.2 Å². The first-order valence-electron chi connectivity index (χ1n) is 6.24. The second kappa shape index (κ2) is 4.35. The summed E-state index contributed by atoms with van der Waals surface area (Å²) < 4.78 is 1.77. The highest BCUT2D eigenvalue weighted by atomic mass is 35.5. The molecule has 1 saturated carbocycles. The highest BCUT2D eigenvalue weighted by Crippen LogP contribution is 2.38. The molecule has 1 aliphatic rings. The minimum atomic E-state index is 0.409. The van der Waals surface area contributed by atoms with Crippen LogP contribution in [0.4, 0.5) is 0 Å². The third-order valence-electron chi connectivity index (χ3n) is 3.08. The molecular weight excluding hydrogens is 248 g/mol. The summed E-state index contributed by atoms with van der Waals surface area (Å²) in [6.07, 6.45) is 4.25. The Labute approximate surface area is 111 Å². The topological polar surface area (TPSA) is 43.6 Å². The predicted octanol–water partition coefficient (Wildman–Crippen LogP) is 3.32. The summed E-state index contributed by atoms with van der Waals surface area (Å²) in [5.74, 6) is 2.50. The number of hydrogen-bond donors (Lipinski definition) is 0. The van der Waals surface area contributed by atoms with E-state index in [1.807, 2.05) is 12.3 Å². The molecule has 2 heterocycles. The number of halogens is 1. The molecule has 1 fully saturated rings. The monoisotopic (exact) mass is 262 g/mol. The van der Waals surface area contributed by atoms with E-state index in [1.54, 1.807) is 10.7 Å². The predicted molar refractivity (Wildman–Crippen MR) is 70.2 cm³/mol. The first-order valence-corrected chi connectivity index (χ1v) is 6.61. The van der Waals surface area contributed by atoms with Gasteiger partial charge in [0.25, 0.3) is 0 Å². The van der Waals surface area contributed by atoms with Crippen molar-refractivity contribution in [3.8, 4) is 5.82 Å². The molecule has 94 valence electrons. The van der Waals surface area contributed by atoms with Gasteiger partial charge in [0.15, 0.2) is 5.82 Å². The maximum atomic E-state index is 6.05. The normalized spacial score (nSPS) is 15.3. The van der Waals surface area contributed by atoms with Gasteiger partial charge in [-0.25, -0.2) is 14.6 Å². The molecule has 0 bridgehead atoms. The summed E-state index contributed by atoms with van der Waals surface area (Å²) >= 11 is 6.05. The van der Waals surface area contributed by atoms with Crippen LogP contribution in [0.15, 0.2) is 18.3 Å². The molecule has 2 aromatic rings. The van der Waals surface area contributed by atoms with Crippen molar-refractivity contribution in [1.82, 2.24) is 19.7 Å². The van der Waals surface area contributed by atoms with E-state index in [2.05, 4.69) is 28.9 Å². The number of aromatic nitrogens is 4. The molecule has 0 unspecified atom stereocenters. The zero-order valence-electron chi connectivity index (χ0n) is 10.5. The number of hydrogen-bond acceptors (Lipinski definition) is 3. The lowest BCUT2D eigenvalue weighted by Crippen LogP contribution is -2.04. The molecule has 0 atom stereocenters. The van der Waals surface area contributed by atoms with Gasteiger partial charge >= 0.3 is 0 Å². The molecule has 0 N–H and O–H groups in total. The summed E-state index contributed by atoms with van der Waals surface area (Å²) in [6.45, 7) is 4.24. The van der Waals surface area contributed by atoms with E-state index < -0.39 is 0 Å². The quantitative estimate of drug-likeness (QED) is 0.797. The Kier molecular flexibility index (Phi) is 2.82. The molecule has 1 aliphatic carbocycles. The molecular formula is C13H15ClN4. The van der Waals surface area contributed by atoms with Crippen LogP contribution in [0.5, 0.6) is 0 Å². The molecule has 3 rings (SSSR count). The van der Waals surface area contributed by atoms with E-state index in [0.29, 0.717) is 17.0 Å². The Morgan fingerprint density at radius 3 is 2.72 bits per heavy atom. The smallest absolute Gasteiger partial charge is 0.158 e. The van der Waals surface area contributed by atoms with Gasteiger partial charge in [-0.15, -0.1) is 0 Å². The number of nitrogens with zero attached hydrogens (tertiary/aromatic N) is 4. The van der Waals surface area contributed by atoms with Crippen LogP contribution in [0, 0.1) is 0 Å². The first kappa shape index (κ1) is 11.7. The van der Waals surface area contributed by atoms with E-state index in [4.69, 9.17) is 11.6 Å². The molecule has 2 aromatic heterocycles. The lowest BCUT2D eigenvalue weighted by molar-refractivity contribution is 0.748. The summed E-state index contributed by atoms with van der Waals surface area (Å²) in [4.78, 5) is 8.82. The van der Waals surface area contributed by atoms with Crippen LogP contribution in [0.1, 0.15) is 50.0 Å². The van der Waals surface area contributed by atoms with Gasteiger partial charge in [0.05, 0.1) is 5.69 Å². The fourth-order valence-electron chi connectivity index (χ4n) is 1.84. The second-order valence-corrected chi connectivity index (χ2v) is 5.41. The third kappa shape index (κ3) is 2.25. The van der Waals surface area contributed by atoms with Gasteiger partial charge in [-0.05, 0) is 24.8 Å². The van der Waals surface area contributed by atoms with E-state index in [9.17, 15) is 0 Å². The maximum absolute atomic E-state index is 6.05. The molecule has 0 aliphatic heterocycles. The fraction of sp³-hybridized carbons (Fsp3) is 0.462. The summed E-state index contributed by atoms with van der Waals surface area (Å²) in [5.41, 5.74) is 1.05. The Hall–Kier alpha value is -1.42. The molecule has 0 radical (unpaired) electrons. The van der Waals surface area contributed by atoms with Crippen molar-refractivity contribution in [2.45, 2.75) is 38.5 Å². The first-order chi connectivity index (χ1) is 8.63. The summed E-state index contributed by atoms with van der Waals surface area (Å²) in [6, 6.07) is 3.77. The van der Waals surface area contributed by atoms with Crippen LogP contribution < -0.4 is 0 Å². The lowest BCUT2D eigenvalue weighted by Gasteiger charge is -2.04. The van der Waals surface area contributed by atoms with Gasteiger partial charge in [0.1, 0.15) is 11.0 Å². The van der Waals surface area contributed by atoms with Gasteiger partial charge in [-0.2, -0.15) is 5.10 Å². The van der Waals surface area contributed by atoms with Crippen LogP contribution in [0.25, 0.3) is 5.82 Å². The van der Waals surface area contributed by atoms with E-state index in [0.717, 1.165) is 30.2 Å². The van der Waals surface area contributed by atoms with Crippen LogP contribution in [-0.4, -0.2) is 19.7 Å². The van der Waals surface area contributed by atoms with Crippen molar-refractivity contribution >= 4 is 11.6 Å². The third-order valence-corrected chi connectivity index (χ3v) is 3.27. The van der Waals surface area contributed by atoms with Gasteiger partial charge in [-0.3, -0.25) is 0 Å². The molecule has 18 heavy (non-hydrogen) atoms. The molecule has 4 nitrogen and oxygen atoms in total. The Morgan fingerprint density at radius 1 is 1.33 bits per heavy atom. The van der Waals surface area contributed by atoms with Crippen molar-refractivity contribution < 1.29 is 0 Å². The molecule has 5 heteroatoms. The van der Waals surface area contributed by atoms with E-state index in [1.165, 1.54) is 0 Å². The van der Waals surface area contributed by atoms with Crippen molar-refractivity contribution in [2.24, 2.45) is 0 Å². The van der Waals surface area contributed by atoms with Crippen LogP contribution in [0.3, 0.4) is 0 Å². The maximum Gasteiger partial charge on any atom is 0.158 e. The Balaban J connectivity index is 1.99. The Bertz CT molecular complexity index is 572. The largest absolute Gasteiger partial charge is 0.222 e. The average Bonchev–Trinajstić information content (AvgIpc) is 3.05. The minimum Gasteiger partial charge on any atom is -0.222 e. The minimum absolute atomic E-state index is 0.409. The van der Waals surface area contributed by atoms with E-state index in [-0.39, 0.29) is 0 Å². The molecule has 0 amide bonds. The van der Waals surface area contributed by atoms with Crippen molar-refractivity contribution in [3.63, 3.8) is 0 Å². The van der Waals surface area contributed by atoms with Crippen molar-refractivity contribution in [3.05, 3.63) is 35.0 Å². The molecule has 0 spiro atoms. The average molecular weight is 263 g/mol. The lowest BCUT2D eigenvalue weighted by atomic mass is 10.1. The molecule has 0 aromatic carbocycles. The molecule has 0 saturated heterocycles. The van der Waals surface area contributed by atoms with Crippen LogP contribution in [0.2, 0.25) is 5.15 Å². The van der Waals surface area contributed by atoms with Gasteiger partial charge < -0.3 is 0 Å². The SMILES string of the molecule is CC(C)c1ccn(-c2cc(Cl)nc(C3CC3)n2)n1. The van der Waals surface area contributed by atoms with Crippen LogP contribution in [-0.2, 0) is 0 Å². The standard InChI is InChI=1S/C13H15ClN4/c1-8(2)10-5-6-18(17-10)12-7-11(14)15-13(16-12)9-3-4-9/h5-9H,3-4H2,1-2H3. The van der Waals surface area contributed by atoms with Crippen LogP contribution >= 0.6 is 11.6 Å². The van der Waals surface area contributed by atoms with Gasteiger partial charge in [0.2, 0.25) is 0 Å². The van der Waals surface area contributed by atoms with Gasteiger partial charge in [-0.1, -0.05) is 25.4 Å². The highest BCUT2D eigenvalue weighted by Gasteiger charge is 2.27. The zero-order valence-corrected chi connectivity index (χ0v) is 11.2. The highest BCUT2D eigenvalue weighted by molar-refractivity contribution is 6.29. The summed E-state index contributed by atoms with van der Waals surface area (Å²) in [7, 11) is 0. The van der Waals surface area contributed by atoms with Crippen molar-refractivity contribution in [1.29, 1.82) is 0 Å². The summed E-state index contributed by atoms with van der Waals surface area (Å²) in [5, 5.41) is 5.00. The number of rotatable bonds is 3. The fourth-order valence-corrected chi connectivity index (χ4v) is 2.02. The van der Waals surface area contributed by atoms with Crippen molar-refractivity contribution in [2.75, 3.05) is 0 Å². The Morgan fingerprint density at radius 2 is 2.11 bits per heavy atom.